The van der Waals surface area contributed by atoms with E-state index in [1.807, 2.05) is 0 Å². The number of para-hydroxylation sites is 2. The second kappa shape index (κ2) is 26.7. The average molecular weight is 1450 g/mol. The first-order valence-electron chi connectivity index (χ1n) is 39.7. The minimum absolute atomic E-state index is 0.137. The molecule has 542 valence electrons. The molecule has 0 amide bonds. The maximum absolute atomic E-state index is 7.84. The molecule has 0 bridgehead atoms. The predicted molar refractivity (Wildman–Crippen MR) is 476 cm³/mol. The van der Waals surface area contributed by atoms with Gasteiger partial charge in [-0.1, -0.05) is 356 Å². The highest BCUT2D eigenvalue weighted by Crippen LogP contribution is 2.53. The van der Waals surface area contributed by atoms with E-state index in [9.17, 15) is 0 Å². The Balaban J connectivity index is 0.945. The van der Waals surface area contributed by atoms with Gasteiger partial charge in [0.05, 0.1) is 11.4 Å². The monoisotopic (exact) mass is 1440 g/mol. The smallest absolute Gasteiger partial charge is 0.256 e. The molecule has 0 N–H and O–H groups in total. The Morgan fingerprint density at radius 3 is 0.804 bits per heavy atom. The predicted octanol–water partition coefficient (Wildman–Crippen LogP) is 25.0. The Morgan fingerprint density at radius 1 is 0.196 bits per heavy atom. The van der Waals surface area contributed by atoms with Gasteiger partial charge in [0.2, 0.25) is 0 Å². The zero-order valence-electron chi connectivity index (χ0n) is 66.0. The standard InChI is InChI=1S/C106H90B2N2O2/c1-103(2,3)77-53-73(54-78(63-77)104(4,5)6)75-57-95-101-99(61-75)111-97-59-71(83-43-27-25-41-81(83)67-33-17-13-18-34-67)49-51-87(97)107(101)89-65-90-94(66-93(89)109(95)91-47-31-29-45-85(91)69-37-21-15-22-38-69)110(92-48-32-30-46-86(92)70-39-23-16-24-40-70)96-58-76(74-55-79(105(7,8)9)64-80(56-74)106(10,11)12)62-100-102(96)108(90)88-52-50-72(60-98(88)112-100)84-44-28-26-42-82(84)68-35-19-14-20-36-68/h13-66H,1-12H3. The molecule has 112 heavy (non-hydrogen) atoms. The van der Waals surface area contributed by atoms with Crippen LogP contribution in [0.25, 0.3) is 89.0 Å². The van der Waals surface area contributed by atoms with Crippen LogP contribution in [0.5, 0.6) is 23.0 Å². The Hall–Kier alpha value is -12.4. The third-order valence-corrected chi connectivity index (χ3v) is 23.8. The molecular formula is C106H90B2N2O2. The van der Waals surface area contributed by atoms with Crippen molar-refractivity contribution in [2.75, 3.05) is 9.80 Å². The van der Waals surface area contributed by atoms with Crippen LogP contribution in [-0.4, -0.2) is 13.4 Å². The fraction of sp³-hybridized carbons (Fsp3) is 0.151. The molecule has 4 aliphatic rings. The van der Waals surface area contributed by atoms with Gasteiger partial charge in [-0.05, 0) is 209 Å². The normalized spacial score (nSPS) is 13.2. The summed E-state index contributed by atoms with van der Waals surface area (Å²) in [6.45, 7) is 27.5. The molecule has 0 saturated carbocycles. The molecule has 15 aromatic carbocycles. The molecule has 4 nitrogen and oxygen atoms in total. The maximum Gasteiger partial charge on any atom is 0.256 e. The van der Waals surface area contributed by atoms with Gasteiger partial charge < -0.3 is 19.3 Å². The maximum atomic E-state index is 7.84. The molecular weight excluding hydrogens is 1350 g/mol. The number of hydrogen-bond acceptors (Lipinski definition) is 4. The summed E-state index contributed by atoms with van der Waals surface area (Å²) < 4.78 is 15.7. The molecule has 4 aliphatic heterocycles. The molecule has 0 radical (unpaired) electrons. The molecule has 19 rings (SSSR count). The molecule has 0 fully saturated rings. The molecule has 0 aliphatic carbocycles. The van der Waals surface area contributed by atoms with E-state index in [4.69, 9.17) is 9.47 Å². The van der Waals surface area contributed by atoms with Crippen LogP contribution in [-0.2, 0) is 21.7 Å². The second-order valence-electron chi connectivity index (χ2n) is 35.2. The lowest BCUT2D eigenvalue weighted by molar-refractivity contribution is 0.487. The van der Waals surface area contributed by atoms with Gasteiger partial charge in [0.1, 0.15) is 23.0 Å². The Kier molecular flexibility index (Phi) is 16.7. The van der Waals surface area contributed by atoms with E-state index in [-0.39, 0.29) is 35.1 Å². The quantitative estimate of drug-likeness (QED) is 0.127. The number of ether oxygens (including phenoxy) is 2. The van der Waals surface area contributed by atoms with Crippen molar-refractivity contribution >= 4 is 80.3 Å². The highest BCUT2D eigenvalue weighted by Gasteiger charge is 2.49. The van der Waals surface area contributed by atoms with Crippen molar-refractivity contribution in [1.29, 1.82) is 0 Å². The molecule has 6 heteroatoms. The molecule has 0 unspecified atom stereocenters. The summed E-state index contributed by atoms with van der Waals surface area (Å²) in [5.41, 5.74) is 36.0. The number of fused-ring (bicyclic) bond motifs is 8. The minimum Gasteiger partial charge on any atom is -0.458 e. The molecule has 0 atom stereocenters. The van der Waals surface area contributed by atoms with Crippen molar-refractivity contribution in [2.24, 2.45) is 0 Å². The van der Waals surface area contributed by atoms with Crippen LogP contribution < -0.4 is 52.1 Å². The fourth-order valence-electron chi connectivity index (χ4n) is 17.8. The Labute approximate surface area is 661 Å². The van der Waals surface area contributed by atoms with Crippen molar-refractivity contribution < 1.29 is 9.47 Å². The van der Waals surface area contributed by atoms with Crippen LogP contribution in [0.1, 0.15) is 105 Å². The molecule has 4 heterocycles. The van der Waals surface area contributed by atoms with Crippen LogP contribution in [0.2, 0.25) is 0 Å². The van der Waals surface area contributed by atoms with Gasteiger partial charge >= 0.3 is 0 Å². The lowest BCUT2D eigenvalue weighted by atomic mass is 9.30. The molecule has 15 aromatic rings. The first kappa shape index (κ1) is 70.0. The molecule has 0 aromatic heterocycles. The van der Waals surface area contributed by atoms with Crippen molar-refractivity contribution in [2.45, 2.75) is 105 Å². The number of hydrogen-bond donors (Lipinski definition) is 0. The Morgan fingerprint density at radius 2 is 0.473 bits per heavy atom. The highest BCUT2D eigenvalue weighted by molar-refractivity contribution is 7.02. The summed E-state index contributed by atoms with van der Waals surface area (Å²) in [4.78, 5) is 5.24. The number of nitrogens with zero attached hydrogens (tertiary/aromatic N) is 2. The van der Waals surface area contributed by atoms with Crippen molar-refractivity contribution in [3.8, 4) is 112 Å². The highest BCUT2D eigenvalue weighted by atomic mass is 16.5. The van der Waals surface area contributed by atoms with Gasteiger partial charge in [-0.25, -0.2) is 0 Å². The first-order chi connectivity index (χ1) is 54.1. The van der Waals surface area contributed by atoms with Gasteiger partial charge in [-0.2, -0.15) is 0 Å². The second-order valence-corrected chi connectivity index (χ2v) is 35.2. The van der Waals surface area contributed by atoms with E-state index in [1.54, 1.807) is 0 Å². The van der Waals surface area contributed by atoms with Gasteiger partial charge in [0.15, 0.2) is 0 Å². The number of rotatable bonds is 10. The zero-order valence-corrected chi connectivity index (χ0v) is 66.0. The lowest BCUT2D eigenvalue weighted by Crippen LogP contribution is -2.63. The zero-order chi connectivity index (χ0) is 76.7. The lowest BCUT2D eigenvalue weighted by Gasteiger charge is -2.45. The number of benzene rings is 15. The summed E-state index contributed by atoms with van der Waals surface area (Å²) in [5, 5.41) is 0. The van der Waals surface area contributed by atoms with E-state index in [1.165, 1.54) is 55.4 Å². The minimum atomic E-state index is -0.302. The van der Waals surface area contributed by atoms with Crippen LogP contribution >= 0.6 is 0 Å². The van der Waals surface area contributed by atoms with Gasteiger partial charge in [0, 0.05) is 33.9 Å². The van der Waals surface area contributed by atoms with Gasteiger partial charge in [0.25, 0.3) is 13.4 Å². The van der Waals surface area contributed by atoms with Crippen LogP contribution in [0.3, 0.4) is 0 Å². The van der Waals surface area contributed by atoms with Crippen molar-refractivity contribution in [1.82, 2.24) is 0 Å². The van der Waals surface area contributed by atoms with E-state index in [0.717, 1.165) is 146 Å². The van der Waals surface area contributed by atoms with E-state index in [0.29, 0.717) is 0 Å². The van der Waals surface area contributed by atoms with E-state index >= 15 is 0 Å². The summed E-state index contributed by atoms with van der Waals surface area (Å²) >= 11 is 0. The van der Waals surface area contributed by atoms with Gasteiger partial charge in [-0.15, -0.1) is 0 Å². The van der Waals surface area contributed by atoms with Crippen molar-refractivity contribution in [3.63, 3.8) is 0 Å². The third kappa shape index (κ3) is 12.2. The molecule has 0 spiro atoms. The first-order valence-corrected chi connectivity index (χ1v) is 39.7. The fourth-order valence-corrected chi connectivity index (χ4v) is 17.8. The molecule has 0 saturated heterocycles. The summed E-state index contributed by atoms with van der Waals surface area (Å²) in [6.07, 6.45) is 0. The van der Waals surface area contributed by atoms with Crippen LogP contribution in [0, 0.1) is 0 Å². The van der Waals surface area contributed by atoms with Crippen LogP contribution in [0.15, 0.2) is 328 Å². The average Bonchev–Trinajstić information content (AvgIpc) is 0.686. The summed E-state index contributed by atoms with van der Waals surface area (Å²) in [7, 11) is 0. The van der Waals surface area contributed by atoms with Crippen molar-refractivity contribution in [3.05, 3.63) is 350 Å². The topological polar surface area (TPSA) is 24.9 Å². The third-order valence-electron chi connectivity index (χ3n) is 23.8. The van der Waals surface area contributed by atoms with Gasteiger partial charge in [-0.3, -0.25) is 0 Å². The SMILES string of the molecule is CC(C)(C)c1cc(-c2cc3c4c(c2)N(c2ccccc2-c2ccccc2)c2cc5c(cc2B4c2ccc(-c4ccccc4-c4ccccc4)cc2O3)B2c3ccc(-c4ccccc4-c4ccccc4)cc3Oc3cc(-c4cc(C(C)(C)C)cc(C(C)(C)C)c4)cc(c32)N5c2ccccc2-c2ccccc2)cc(C(C)(C)C)c1. The number of anilines is 6. The van der Waals surface area contributed by atoms with E-state index < -0.39 is 0 Å². The summed E-state index contributed by atoms with van der Waals surface area (Å²) in [5.74, 6) is 3.35. The largest absolute Gasteiger partial charge is 0.458 e. The van der Waals surface area contributed by atoms with E-state index in [2.05, 4.69) is 420 Å². The van der Waals surface area contributed by atoms with Crippen LogP contribution in [0.4, 0.5) is 34.1 Å². The Bertz CT molecular complexity index is 5810. The summed E-state index contributed by atoms with van der Waals surface area (Å²) in [6, 6.07) is 123.